The Hall–Kier alpha value is -0.0800. The van der Waals surface area contributed by atoms with Crippen molar-refractivity contribution in [3.8, 4) is 0 Å². The Kier molecular flexibility index (Phi) is 3.36. The van der Waals surface area contributed by atoms with Gasteiger partial charge in [0, 0.05) is 18.6 Å². The maximum absolute atomic E-state index is 6.18. The summed E-state index contributed by atoms with van der Waals surface area (Å²) in [6.45, 7) is 7.09. The molecule has 88 valence electrons. The molecule has 1 aliphatic carbocycles. The smallest absolute Gasteiger partial charge is 0.0115 e. The zero-order valence-electron chi connectivity index (χ0n) is 10.3. The van der Waals surface area contributed by atoms with E-state index < -0.39 is 0 Å². The molecule has 0 spiro atoms. The lowest BCUT2D eigenvalue weighted by atomic mass is 9.78. The zero-order valence-corrected chi connectivity index (χ0v) is 10.3. The van der Waals surface area contributed by atoms with Gasteiger partial charge in [-0.05, 0) is 31.2 Å². The van der Waals surface area contributed by atoms with Crippen LogP contribution in [0.1, 0.15) is 52.4 Å². The van der Waals surface area contributed by atoms with E-state index in [1.165, 1.54) is 51.6 Å². The largest absolute Gasteiger partial charge is 0.327 e. The first kappa shape index (κ1) is 11.4. The molecule has 2 rings (SSSR count). The van der Waals surface area contributed by atoms with E-state index in [4.69, 9.17) is 5.73 Å². The Morgan fingerprint density at radius 1 is 1.07 bits per heavy atom. The summed E-state index contributed by atoms with van der Waals surface area (Å²) in [7, 11) is 0. The number of nitrogens with zero attached hydrogens (tertiary/aromatic N) is 1. The number of nitrogens with two attached hydrogens (primary N) is 1. The van der Waals surface area contributed by atoms with Crippen molar-refractivity contribution in [3.63, 3.8) is 0 Å². The molecule has 0 aromatic heterocycles. The summed E-state index contributed by atoms with van der Waals surface area (Å²) in [6, 6.07) is 1.27. The Labute approximate surface area is 94.2 Å². The van der Waals surface area contributed by atoms with Crippen LogP contribution in [0.15, 0.2) is 0 Å². The molecule has 0 bridgehead atoms. The van der Waals surface area contributed by atoms with E-state index in [1.807, 2.05) is 0 Å². The van der Waals surface area contributed by atoms with E-state index in [2.05, 4.69) is 18.7 Å². The van der Waals surface area contributed by atoms with Crippen LogP contribution in [0.4, 0.5) is 0 Å². The lowest BCUT2D eigenvalue weighted by Gasteiger charge is -2.46. The highest BCUT2D eigenvalue weighted by atomic mass is 15.2. The highest BCUT2D eigenvalue weighted by molar-refractivity contribution is 4.92. The number of hydrogen-bond donors (Lipinski definition) is 1. The van der Waals surface area contributed by atoms with Crippen LogP contribution >= 0.6 is 0 Å². The van der Waals surface area contributed by atoms with Crippen molar-refractivity contribution in [2.75, 3.05) is 13.1 Å². The molecule has 0 aromatic rings. The first-order chi connectivity index (χ1) is 7.09. The standard InChI is InChI=1S/C13H26N2/c1-13(2)10-15(9-8-12(13)14)11-6-4-3-5-7-11/h11-12H,3-10,14H2,1-2H3. The van der Waals surface area contributed by atoms with Gasteiger partial charge in [-0.3, -0.25) is 4.90 Å². The van der Waals surface area contributed by atoms with E-state index >= 15 is 0 Å². The predicted octanol–water partition coefficient (Wildman–Crippen LogP) is 2.38. The van der Waals surface area contributed by atoms with Gasteiger partial charge in [0.25, 0.3) is 0 Å². The zero-order chi connectivity index (χ0) is 10.9. The third-order valence-corrected chi connectivity index (χ3v) is 4.43. The first-order valence-electron chi connectivity index (χ1n) is 6.59. The summed E-state index contributed by atoms with van der Waals surface area (Å²) >= 11 is 0. The van der Waals surface area contributed by atoms with Gasteiger partial charge in [-0.1, -0.05) is 33.1 Å². The molecule has 2 N–H and O–H groups in total. The molecule has 2 heteroatoms. The summed E-state index contributed by atoms with van der Waals surface area (Å²) in [5.41, 5.74) is 6.49. The summed E-state index contributed by atoms with van der Waals surface area (Å²) < 4.78 is 0. The van der Waals surface area contributed by atoms with Gasteiger partial charge < -0.3 is 5.73 Å². The van der Waals surface area contributed by atoms with Crippen LogP contribution < -0.4 is 5.73 Å². The van der Waals surface area contributed by atoms with Gasteiger partial charge in [-0.25, -0.2) is 0 Å². The van der Waals surface area contributed by atoms with Gasteiger partial charge in [0.15, 0.2) is 0 Å². The second-order valence-corrected chi connectivity index (χ2v) is 6.15. The van der Waals surface area contributed by atoms with Crippen LogP contribution in [0, 0.1) is 5.41 Å². The topological polar surface area (TPSA) is 29.3 Å². The molecule has 2 nitrogen and oxygen atoms in total. The van der Waals surface area contributed by atoms with Gasteiger partial charge in [-0.2, -0.15) is 0 Å². The molecule has 1 unspecified atom stereocenters. The van der Waals surface area contributed by atoms with Gasteiger partial charge in [0.05, 0.1) is 0 Å². The summed E-state index contributed by atoms with van der Waals surface area (Å²) in [5, 5.41) is 0. The minimum atomic E-state index is 0.315. The van der Waals surface area contributed by atoms with E-state index in [1.54, 1.807) is 0 Å². The van der Waals surface area contributed by atoms with E-state index in [0.717, 1.165) is 6.04 Å². The molecule has 1 saturated heterocycles. The maximum atomic E-state index is 6.18. The molecule has 15 heavy (non-hydrogen) atoms. The molecule has 1 aliphatic heterocycles. The van der Waals surface area contributed by atoms with E-state index in [9.17, 15) is 0 Å². The van der Waals surface area contributed by atoms with Crippen molar-refractivity contribution in [2.24, 2.45) is 11.1 Å². The van der Waals surface area contributed by atoms with Crippen LogP contribution in [0.25, 0.3) is 0 Å². The van der Waals surface area contributed by atoms with Gasteiger partial charge in [0.2, 0.25) is 0 Å². The molecule has 0 aromatic carbocycles. The molecule has 1 atom stereocenters. The number of hydrogen-bond acceptors (Lipinski definition) is 2. The number of rotatable bonds is 1. The van der Waals surface area contributed by atoms with Crippen molar-refractivity contribution in [3.05, 3.63) is 0 Å². The van der Waals surface area contributed by atoms with Crippen LogP contribution in [-0.4, -0.2) is 30.1 Å². The predicted molar refractivity (Wildman–Crippen MR) is 64.8 cm³/mol. The quantitative estimate of drug-likeness (QED) is 0.720. The van der Waals surface area contributed by atoms with Crippen LogP contribution in [0.3, 0.4) is 0 Å². The Balaban J connectivity index is 1.93. The summed E-state index contributed by atoms with van der Waals surface area (Å²) in [6.07, 6.45) is 8.36. The first-order valence-corrected chi connectivity index (χ1v) is 6.59. The molecule has 1 heterocycles. The number of likely N-dealkylation sites (tertiary alicyclic amines) is 1. The van der Waals surface area contributed by atoms with Crippen molar-refractivity contribution in [1.82, 2.24) is 4.90 Å². The fraction of sp³-hybridized carbons (Fsp3) is 1.00. The SMILES string of the molecule is CC1(C)CN(C2CCCCC2)CCC1N. The van der Waals surface area contributed by atoms with Gasteiger partial charge >= 0.3 is 0 Å². The normalized spacial score (nSPS) is 34.2. The van der Waals surface area contributed by atoms with Gasteiger partial charge in [-0.15, -0.1) is 0 Å². The molecule has 2 aliphatic rings. The van der Waals surface area contributed by atoms with Crippen LogP contribution in [-0.2, 0) is 0 Å². The molecule has 2 fully saturated rings. The summed E-state index contributed by atoms with van der Waals surface area (Å²) in [4.78, 5) is 2.71. The highest BCUT2D eigenvalue weighted by Crippen LogP contribution is 2.32. The fourth-order valence-corrected chi connectivity index (χ4v) is 3.17. The van der Waals surface area contributed by atoms with Gasteiger partial charge in [0.1, 0.15) is 0 Å². The summed E-state index contributed by atoms with van der Waals surface area (Å²) in [5.74, 6) is 0. The van der Waals surface area contributed by atoms with E-state index in [-0.39, 0.29) is 0 Å². The van der Waals surface area contributed by atoms with Crippen LogP contribution in [0.5, 0.6) is 0 Å². The average Bonchev–Trinajstić information content (AvgIpc) is 2.23. The van der Waals surface area contributed by atoms with Crippen LogP contribution in [0.2, 0.25) is 0 Å². The monoisotopic (exact) mass is 210 g/mol. The minimum Gasteiger partial charge on any atom is -0.327 e. The van der Waals surface area contributed by atoms with Crippen molar-refractivity contribution in [2.45, 2.75) is 64.5 Å². The second kappa shape index (κ2) is 4.42. The lowest BCUT2D eigenvalue weighted by molar-refractivity contribution is 0.0468. The minimum absolute atomic E-state index is 0.315. The molecular weight excluding hydrogens is 184 g/mol. The highest BCUT2D eigenvalue weighted by Gasteiger charge is 2.36. The Morgan fingerprint density at radius 2 is 1.73 bits per heavy atom. The maximum Gasteiger partial charge on any atom is 0.0115 e. The third-order valence-electron chi connectivity index (χ3n) is 4.43. The molecule has 0 radical (unpaired) electrons. The Morgan fingerprint density at radius 3 is 2.33 bits per heavy atom. The Bertz CT molecular complexity index is 207. The molecular formula is C13H26N2. The van der Waals surface area contributed by atoms with Crippen molar-refractivity contribution < 1.29 is 0 Å². The molecule has 0 amide bonds. The van der Waals surface area contributed by atoms with E-state index in [0.29, 0.717) is 11.5 Å². The van der Waals surface area contributed by atoms with Crippen molar-refractivity contribution >= 4 is 0 Å². The second-order valence-electron chi connectivity index (χ2n) is 6.15. The average molecular weight is 210 g/mol. The number of piperidine rings is 1. The third kappa shape index (κ3) is 2.54. The van der Waals surface area contributed by atoms with Crippen molar-refractivity contribution in [1.29, 1.82) is 0 Å². The molecule has 1 saturated carbocycles. The fourth-order valence-electron chi connectivity index (χ4n) is 3.17. The lowest BCUT2D eigenvalue weighted by Crippen LogP contribution is -2.55.